The fraction of sp³-hybridized carbons (Fsp3) is 0.600. The zero-order valence-corrected chi connectivity index (χ0v) is 26.9. The lowest BCUT2D eigenvalue weighted by Gasteiger charge is -2.31. The number of hydrogen-bond acceptors (Lipinski definition) is 7. The minimum absolute atomic E-state index is 0.0818. The number of fused-ring (bicyclic) bond motifs is 2. The number of carbonyl (C=O) groups is 2. The van der Waals surface area contributed by atoms with Crippen molar-refractivity contribution in [2.24, 2.45) is 0 Å². The Morgan fingerprint density at radius 2 is 1.29 bits per heavy atom. The molecule has 0 atom stereocenters. The van der Waals surface area contributed by atoms with Crippen molar-refractivity contribution in [2.75, 3.05) is 13.1 Å². The molecule has 7 heteroatoms. The Labute approximate surface area is 252 Å². The van der Waals surface area contributed by atoms with E-state index in [0.717, 1.165) is 61.0 Å². The van der Waals surface area contributed by atoms with Crippen molar-refractivity contribution in [3.05, 3.63) is 57.6 Å². The third-order valence-electron chi connectivity index (χ3n) is 8.54. The van der Waals surface area contributed by atoms with E-state index >= 15 is 0 Å². The molecule has 2 aromatic carbocycles. The largest absolute Gasteiger partial charge is 0.545 e. The van der Waals surface area contributed by atoms with E-state index < -0.39 is 11.9 Å². The molecule has 0 N–H and O–H groups in total. The molecule has 0 aliphatic carbocycles. The van der Waals surface area contributed by atoms with Crippen molar-refractivity contribution in [3.63, 3.8) is 0 Å². The van der Waals surface area contributed by atoms with Crippen molar-refractivity contribution in [3.8, 4) is 11.5 Å². The van der Waals surface area contributed by atoms with Gasteiger partial charge in [-0.25, -0.2) is 0 Å². The van der Waals surface area contributed by atoms with Gasteiger partial charge in [0.2, 0.25) is 0 Å². The number of carboxylic acid groups (broad SMARTS) is 2. The average Bonchev–Trinajstić information content (AvgIpc) is 2.90. The molecule has 1 aliphatic rings. The first-order valence-electron chi connectivity index (χ1n) is 15.7. The summed E-state index contributed by atoms with van der Waals surface area (Å²) in [7, 11) is 0. The minimum atomic E-state index is -1.25. The fourth-order valence-electron chi connectivity index (χ4n) is 6.51. The van der Waals surface area contributed by atoms with E-state index in [2.05, 4.69) is 65.2 Å². The molecule has 3 rings (SSSR count). The number of nitrogens with zero attached hydrogens (tertiary/aromatic N) is 2. The van der Waals surface area contributed by atoms with Crippen LogP contribution < -0.4 is 14.9 Å². The zero-order valence-electron chi connectivity index (χ0n) is 26.9. The van der Waals surface area contributed by atoms with E-state index in [1.54, 1.807) is 12.1 Å². The summed E-state index contributed by atoms with van der Waals surface area (Å²) in [6.45, 7) is 19.5. The third kappa shape index (κ3) is 8.35. The van der Waals surface area contributed by atoms with E-state index in [1.165, 1.54) is 6.07 Å². The summed E-state index contributed by atoms with van der Waals surface area (Å²) in [5, 5.41) is 24.2. The van der Waals surface area contributed by atoms with Gasteiger partial charge in [0.25, 0.3) is 0 Å². The summed E-state index contributed by atoms with van der Waals surface area (Å²) in [4.78, 5) is 29.1. The monoisotopic (exact) mass is 578 g/mol. The molecule has 0 unspecified atom stereocenters. The van der Waals surface area contributed by atoms with Crippen LogP contribution in [0.5, 0.6) is 11.5 Å². The molecule has 0 spiro atoms. The summed E-state index contributed by atoms with van der Waals surface area (Å²) in [6, 6.07) is 8.37. The molecule has 0 amide bonds. The molecule has 42 heavy (non-hydrogen) atoms. The van der Waals surface area contributed by atoms with Crippen LogP contribution in [0.25, 0.3) is 0 Å². The predicted molar refractivity (Wildman–Crippen MR) is 164 cm³/mol. The smallest absolute Gasteiger partial charge is 0.131 e. The second-order valence-corrected chi connectivity index (χ2v) is 12.8. The van der Waals surface area contributed by atoms with Gasteiger partial charge >= 0.3 is 0 Å². The highest BCUT2D eigenvalue weighted by Crippen LogP contribution is 2.41. The van der Waals surface area contributed by atoms with Crippen molar-refractivity contribution in [1.29, 1.82) is 0 Å². The second-order valence-electron chi connectivity index (χ2n) is 12.8. The van der Waals surface area contributed by atoms with E-state index in [9.17, 15) is 19.8 Å². The normalized spacial score (nSPS) is 12.9. The Kier molecular flexibility index (Phi) is 12.0. The topological polar surface area (TPSA) is 96.0 Å². The standard InChI is InChI=1S/C35H52N2O5/c1-22(2)36(23(3)4)17-11-9-13-26-21-32-30(20-28-19-27(34(38)39)15-16-31(28)42-32)29(33(26)35(40)41)14-10-12-18-37(24(5)6)25(7)8/h15-16,19,21-25H,9-14,17-18,20H2,1-8H3,(H,38,39)(H,40,41)/p-2. The summed E-state index contributed by atoms with van der Waals surface area (Å²) in [6.07, 6.45) is 5.22. The zero-order chi connectivity index (χ0) is 31.1. The molecule has 1 aliphatic heterocycles. The first-order chi connectivity index (χ1) is 19.8. The lowest BCUT2D eigenvalue weighted by atomic mass is 9.85. The van der Waals surface area contributed by atoms with Crippen LogP contribution in [-0.4, -0.2) is 59.0 Å². The fourth-order valence-corrected chi connectivity index (χ4v) is 6.51. The van der Waals surface area contributed by atoms with Crippen LogP contribution >= 0.6 is 0 Å². The highest BCUT2D eigenvalue weighted by atomic mass is 16.5. The molecule has 1 heterocycles. The number of rotatable bonds is 16. The van der Waals surface area contributed by atoms with Gasteiger partial charge in [-0.3, -0.25) is 9.80 Å². The molecule has 232 valence electrons. The van der Waals surface area contributed by atoms with Crippen molar-refractivity contribution in [2.45, 2.75) is 125 Å². The van der Waals surface area contributed by atoms with Gasteiger partial charge in [0, 0.05) is 41.7 Å². The number of unbranched alkanes of at least 4 members (excludes halogenated alkanes) is 2. The molecule has 0 fully saturated rings. The lowest BCUT2D eigenvalue weighted by molar-refractivity contribution is -0.256. The van der Waals surface area contributed by atoms with Gasteiger partial charge in [0.15, 0.2) is 0 Å². The Morgan fingerprint density at radius 3 is 1.79 bits per heavy atom. The van der Waals surface area contributed by atoms with Gasteiger partial charge in [-0.15, -0.1) is 0 Å². The van der Waals surface area contributed by atoms with E-state index in [1.807, 2.05) is 6.07 Å². The second kappa shape index (κ2) is 15.0. The van der Waals surface area contributed by atoms with E-state index in [-0.39, 0.29) is 11.1 Å². The number of ether oxygens (including phenoxy) is 1. The van der Waals surface area contributed by atoms with Crippen LogP contribution in [0.4, 0.5) is 0 Å². The molecule has 0 saturated carbocycles. The lowest BCUT2D eigenvalue weighted by Crippen LogP contribution is -2.37. The number of carboxylic acids is 2. The van der Waals surface area contributed by atoms with Crippen LogP contribution in [0.15, 0.2) is 24.3 Å². The number of aromatic carboxylic acids is 2. The molecule has 7 nitrogen and oxygen atoms in total. The molecule has 0 aromatic heterocycles. The third-order valence-corrected chi connectivity index (χ3v) is 8.54. The number of hydrogen-bond donors (Lipinski definition) is 0. The molecule has 2 aromatic rings. The van der Waals surface area contributed by atoms with Crippen molar-refractivity contribution < 1.29 is 24.5 Å². The molecular weight excluding hydrogens is 528 g/mol. The van der Waals surface area contributed by atoms with Gasteiger partial charge in [0.05, 0.1) is 11.9 Å². The quantitative estimate of drug-likeness (QED) is 0.221. The Bertz CT molecular complexity index is 1220. The maximum Gasteiger partial charge on any atom is 0.131 e. The predicted octanol–water partition coefficient (Wildman–Crippen LogP) is 4.99. The van der Waals surface area contributed by atoms with Gasteiger partial charge in [-0.1, -0.05) is 0 Å². The van der Waals surface area contributed by atoms with Crippen molar-refractivity contribution >= 4 is 11.9 Å². The van der Waals surface area contributed by atoms with Gasteiger partial charge in [-0.05, 0) is 154 Å². The van der Waals surface area contributed by atoms with Crippen LogP contribution in [-0.2, 0) is 19.3 Å². The van der Waals surface area contributed by atoms with Crippen LogP contribution in [0, 0.1) is 0 Å². The Hall–Kier alpha value is -2.90. The maximum atomic E-state index is 12.7. The van der Waals surface area contributed by atoms with E-state index in [4.69, 9.17) is 4.74 Å². The number of benzene rings is 2. The molecule has 0 radical (unpaired) electrons. The van der Waals surface area contributed by atoms with Crippen LogP contribution in [0.3, 0.4) is 0 Å². The van der Waals surface area contributed by atoms with Crippen LogP contribution in [0.2, 0.25) is 0 Å². The Morgan fingerprint density at radius 1 is 0.738 bits per heavy atom. The summed E-state index contributed by atoms with van der Waals surface area (Å²) >= 11 is 0. The number of aryl methyl sites for hydroxylation is 1. The first kappa shape index (κ1) is 33.6. The minimum Gasteiger partial charge on any atom is -0.545 e. The highest BCUT2D eigenvalue weighted by Gasteiger charge is 2.25. The maximum absolute atomic E-state index is 12.7. The van der Waals surface area contributed by atoms with Gasteiger partial charge in [-0.2, -0.15) is 0 Å². The molecular formula is C35H50N2O5-2. The molecule has 0 saturated heterocycles. The summed E-state index contributed by atoms with van der Waals surface area (Å²) in [5.74, 6) is -1.15. The number of carbonyl (C=O) groups excluding carboxylic acids is 2. The first-order valence-corrected chi connectivity index (χ1v) is 15.7. The van der Waals surface area contributed by atoms with Crippen molar-refractivity contribution in [1.82, 2.24) is 9.80 Å². The molecule has 0 bridgehead atoms. The average molecular weight is 579 g/mol. The summed E-state index contributed by atoms with van der Waals surface area (Å²) < 4.78 is 6.30. The van der Waals surface area contributed by atoms with Crippen LogP contribution in [0.1, 0.15) is 124 Å². The van der Waals surface area contributed by atoms with Gasteiger partial charge in [0.1, 0.15) is 11.5 Å². The van der Waals surface area contributed by atoms with Gasteiger partial charge < -0.3 is 24.5 Å². The Balaban J connectivity index is 1.92. The highest BCUT2D eigenvalue weighted by molar-refractivity contribution is 5.91. The SMILES string of the molecule is CC(C)N(CCCCc1cc2c(c(CCCCN(C(C)C)C(C)C)c1C(=O)[O-])Cc1cc(C(=O)[O-])ccc1O2)C(C)C. The summed E-state index contributed by atoms with van der Waals surface area (Å²) in [5.41, 5.74) is 3.42. The van der Waals surface area contributed by atoms with E-state index in [0.29, 0.717) is 54.9 Å².